The molecule has 0 saturated heterocycles. The van der Waals surface area contributed by atoms with Gasteiger partial charge >= 0.3 is 0 Å². The first-order valence-corrected chi connectivity index (χ1v) is 8.12. The molecule has 0 aromatic heterocycles. The number of nitrogens with one attached hydrogen (secondary N) is 1. The Morgan fingerprint density at radius 2 is 1.63 bits per heavy atom. The van der Waals surface area contributed by atoms with Crippen molar-refractivity contribution in [2.75, 3.05) is 0 Å². The summed E-state index contributed by atoms with van der Waals surface area (Å²) in [5.41, 5.74) is 2.55. The summed E-state index contributed by atoms with van der Waals surface area (Å²) < 4.78 is 15.0. The van der Waals surface area contributed by atoms with Crippen molar-refractivity contribution >= 4 is 11.4 Å². The molecule has 0 fully saturated rings. The molecule has 1 unspecified atom stereocenters. The van der Waals surface area contributed by atoms with Crippen LogP contribution >= 0.6 is 0 Å². The Bertz CT molecular complexity index is 381. The summed E-state index contributed by atoms with van der Waals surface area (Å²) in [7, 11) is 0. The van der Waals surface area contributed by atoms with E-state index in [1.807, 2.05) is 20.8 Å². The molecule has 0 heterocycles. The zero-order chi connectivity index (χ0) is 14.6. The van der Waals surface area contributed by atoms with Crippen molar-refractivity contribution in [2.24, 2.45) is 5.92 Å². The molecule has 2 atom stereocenters. The quantitative estimate of drug-likeness (QED) is 0.828. The van der Waals surface area contributed by atoms with Crippen molar-refractivity contribution in [1.29, 1.82) is 0 Å². The van der Waals surface area contributed by atoms with E-state index in [4.69, 9.17) is 0 Å². The molecule has 1 N–H and O–H groups in total. The van der Waals surface area contributed by atoms with Crippen molar-refractivity contribution in [3.8, 4) is 0 Å². The molecular weight excluding hydrogens is 254 g/mol. The van der Waals surface area contributed by atoms with Gasteiger partial charge in [-0.05, 0) is 51.2 Å². The van der Waals surface area contributed by atoms with Crippen molar-refractivity contribution in [3.63, 3.8) is 0 Å². The largest absolute Gasteiger partial charge is 0.598 e. The second-order valence-corrected chi connectivity index (χ2v) is 8.56. The minimum atomic E-state index is -1.03. The molecule has 2 nitrogen and oxygen atoms in total. The van der Waals surface area contributed by atoms with Crippen LogP contribution in [-0.4, -0.2) is 9.30 Å². The summed E-state index contributed by atoms with van der Waals surface area (Å²) in [6, 6.07) is 8.72. The van der Waals surface area contributed by atoms with Gasteiger partial charge in [-0.3, -0.25) is 0 Å². The van der Waals surface area contributed by atoms with Gasteiger partial charge in [0.05, 0.1) is 6.04 Å². The molecule has 0 radical (unpaired) electrons. The third-order valence-electron chi connectivity index (χ3n) is 2.96. The molecule has 0 saturated carbocycles. The highest BCUT2D eigenvalue weighted by atomic mass is 32.2. The molecule has 0 bridgehead atoms. The van der Waals surface area contributed by atoms with Gasteiger partial charge in [0.1, 0.15) is 4.75 Å². The average molecular weight is 281 g/mol. The second kappa shape index (κ2) is 6.78. The van der Waals surface area contributed by atoms with Crippen LogP contribution in [0.15, 0.2) is 24.3 Å². The third kappa shape index (κ3) is 5.55. The van der Waals surface area contributed by atoms with E-state index in [2.05, 4.69) is 49.8 Å². The van der Waals surface area contributed by atoms with Crippen LogP contribution in [0.1, 0.15) is 58.7 Å². The predicted octanol–water partition coefficient (Wildman–Crippen LogP) is 4.00. The third-order valence-corrected chi connectivity index (χ3v) is 4.64. The second-order valence-electron chi connectivity index (χ2n) is 6.56. The monoisotopic (exact) mass is 281 g/mol. The van der Waals surface area contributed by atoms with E-state index in [0.29, 0.717) is 5.92 Å². The van der Waals surface area contributed by atoms with Crippen LogP contribution in [0.5, 0.6) is 0 Å². The molecule has 0 aliphatic carbocycles. The maximum Gasteiger partial charge on any atom is 0.136 e. The number of benzene rings is 1. The molecule has 1 aromatic carbocycles. The lowest BCUT2D eigenvalue weighted by atomic mass is 10.0. The molecule has 0 aliphatic heterocycles. The average Bonchev–Trinajstić information content (AvgIpc) is 2.27. The maximum absolute atomic E-state index is 12.1. The Morgan fingerprint density at radius 3 is 2.05 bits per heavy atom. The summed E-state index contributed by atoms with van der Waals surface area (Å²) in [6.45, 7) is 12.5. The minimum Gasteiger partial charge on any atom is -0.598 e. The van der Waals surface area contributed by atoms with Gasteiger partial charge in [0.15, 0.2) is 0 Å². The fourth-order valence-corrected chi connectivity index (χ4v) is 2.63. The fraction of sp³-hybridized carbons (Fsp3) is 0.625. The summed E-state index contributed by atoms with van der Waals surface area (Å²) >= 11 is -1.03. The van der Waals surface area contributed by atoms with Crippen LogP contribution in [0, 0.1) is 5.92 Å². The van der Waals surface area contributed by atoms with Gasteiger partial charge in [0, 0.05) is 11.4 Å². The Kier molecular flexibility index (Phi) is 5.90. The van der Waals surface area contributed by atoms with Crippen LogP contribution in [-0.2, 0) is 17.8 Å². The molecule has 0 spiro atoms. The Morgan fingerprint density at radius 1 is 1.11 bits per heavy atom. The van der Waals surface area contributed by atoms with Crippen LogP contribution < -0.4 is 4.72 Å². The van der Waals surface area contributed by atoms with Gasteiger partial charge < -0.3 is 4.55 Å². The van der Waals surface area contributed by atoms with Crippen molar-refractivity contribution < 1.29 is 4.55 Å². The van der Waals surface area contributed by atoms with Gasteiger partial charge in [-0.2, -0.15) is 0 Å². The Labute approximate surface area is 121 Å². The summed E-state index contributed by atoms with van der Waals surface area (Å²) in [5, 5.41) is 0. The predicted molar refractivity (Wildman–Crippen MR) is 84.4 cm³/mol. The summed E-state index contributed by atoms with van der Waals surface area (Å²) in [6.07, 6.45) is 1.11. The number of hydrogen-bond donors (Lipinski definition) is 1. The van der Waals surface area contributed by atoms with Gasteiger partial charge in [0.2, 0.25) is 0 Å². The van der Waals surface area contributed by atoms with Gasteiger partial charge in [-0.25, -0.2) is 0 Å². The van der Waals surface area contributed by atoms with Crippen molar-refractivity contribution in [1.82, 2.24) is 4.72 Å². The summed E-state index contributed by atoms with van der Waals surface area (Å²) in [4.78, 5) is 0. The molecule has 108 valence electrons. The molecule has 19 heavy (non-hydrogen) atoms. The lowest BCUT2D eigenvalue weighted by Crippen LogP contribution is -2.40. The van der Waals surface area contributed by atoms with Gasteiger partial charge in [0.25, 0.3) is 0 Å². The molecule has 1 aromatic rings. The van der Waals surface area contributed by atoms with Gasteiger partial charge in [-0.15, -0.1) is 4.72 Å². The van der Waals surface area contributed by atoms with Crippen LogP contribution in [0.2, 0.25) is 0 Å². The zero-order valence-corrected chi connectivity index (χ0v) is 13.8. The number of rotatable bonds is 5. The lowest BCUT2D eigenvalue weighted by molar-refractivity contribution is 0.531. The van der Waals surface area contributed by atoms with E-state index in [9.17, 15) is 4.55 Å². The van der Waals surface area contributed by atoms with E-state index >= 15 is 0 Å². The van der Waals surface area contributed by atoms with Crippen molar-refractivity contribution in [3.05, 3.63) is 35.4 Å². The molecule has 1 rings (SSSR count). The van der Waals surface area contributed by atoms with Crippen LogP contribution in [0.4, 0.5) is 0 Å². The van der Waals surface area contributed by atoms with E-state index in [1.54, 1.807) is 0 Å². The minimum absolute atomic E-state index is 0.105. The SMILES string of the molecule is CC(C)Cc1ccc([C@H](C)N[S+]([O-])C(C)(C)C)cc1. The molecular formula is C16H27NOS. The standard InChI is InChI=1S/C16H27NOS/c1-12(2)11-14-7-9-15(10-8-14)13(3)17-19(18)16(4,5)6/h7-10,12-13,17H,11H2,1-6H3/t13-,19?/m0/s1. The van der Waals surface area contributed by atoms with Crippen LogP contribution in [0.3, 0.4) is 0 Å². The highest BCUT2D eigenvalue weighted by Gasteiger charge is 2.28. The first kappa shape index (κ1) is 16.5. The van der Waals surface area contributed by atoms with E-state index in [-0.39, 0.29) is 10.8 Å². The normalized spacial score (nSPS) is 15.6. The van der Waals surface area contributed by atoms with E-state index in [1.165, 1.54) is 11.1 Å². The number of hydrogen-bond acceptors (Lipinski definition) is 2. The van der Waals surface area contributed by atoms with E-state index in [0.717, 1.165) is 6.42 Å². The molecule has 3 heteroatoms. The zero-order valence-electron chi connectivity index (χ0n) is 13.0. The first-order valence-electron chi connectivity index (χ1n) is 6.97. The molecule has 0 aliphatic rings. The topological polar surface area (TPSA) is 35.1 Å². The van der Waals surface area contributed by atoms with E-state index < -0.39 is 11.4 Å². The Balaban J connectivity index is 2.65. The summed E-state index contributed by atoms with van der Waals surface area (Å²) in [5.74, 6) is 0.676. The smallest absolute Gasteiger partial charge is 0.136 e. The fourth-order valence-electron chi connectivity index (χ4n) is 1.82. The highest BCUT2D eigenvalue weighted by molar-refractivity contribution is 7.90. The van der Waals surface area contributed by atoms with Crippen molar-refractivity contribution in [2.45, 2.75) is 58.8 Å². The molecule has 0 amide bonds. The Hall–Kier alpha value is -0.510. The van der Waals surface area contributed by atoms with Crippen LogP contribution in [0.25, 0.3) is 0 Å². The van der Waals surface area contributed by atoms with Gasteiger partial charge in [-0.1, -0.05) is 38.1 Å². The first-order chi connectivity index (χ1) is 8.70. The lowest BCUT2D eigenvalue weighted by Gasteiger charge is -2.26. The highest BCUT2D eigenvalue weighted by Crippen LogP contribution is 2.20. The maximum atomic E-state index is 12.1.